The van der Waals surface area contributed by atoms with Gasteiger partial charge in [0.1, 0.15) is 28.9 Å². The number of rotatable bonds is 8. The average molecular weight is 752 g/mol. The zero-order valence-corrected chi connectivity index (χ0v) is 30.0. The van der Waals surface area contributed by atoms with Gasteiger partial charge in [-0.1, -0.05) is 11.6 Å². The van der Waals surface area contributed by atoms with Crippen molar-refractivity contribution in [2.24, 2.45) is 5.73 Å². The smallest absolute Gasteiger partial charge is 0.262 e. The number of carbonyl (C=O) groups excluding carboxylic acids is 5. The molecule has 6 heterocycles. The third-order valence-corrected chi connectivity index (χ3v) is 11.1. The molecule has 15 nitrogen and oxygen atoms in total. The van der Waals surface area contributed by atoms with Crippen molar-refractivity contribution in [1.29, 1.82) is 0 Å². The molecule has 16 heteroatoms. The summed E-state index contributed by atoms with van der Waals surface area (Å²) in [7, 11) is 0. The second kappa shape index (κ2) is 14.2. The highest BCUT2D eigenvalue weighted by atomic mass is 35.5. The van der Waals surface area contributed by atoms with Crippen molar-refractivity contribution in [3.63, 3.8) is 0 Å². The molecule has 2 aromatic heterocycles. The van der Waals surface area contributed by atoms with Crippen molar-refractivity contribution in [2.75, 3.05) is 36.8 Å². The second-order valence-electron chi connectivity index (χ2n) is 14.0. The van der Waals surface area contributed by atoms with Gasteiger partial charge in [0, 0.05) is 62.2 Å². The molecule has 4 aliphatic rings. The Morgan fingerprint density at radius 1 is 0.852 bits per heavy atom. The van der Waals surface area contributed by atoms with Crippen LogP contribution in [0.3, 0.4) is 0 Å². The number of pyridine rings is 1. The fraction of sp³-hybridized carbons (Fsp3) is 0.342. The van der Waals surface area contributed by atoms with Crippen LogP contribution in [0.15, 0.2) is 60.8 Å². The zero-order valence-electron chi connectivity index (χ0n) is 29.2. The van der Waals surface area contributed by atoms with Gasteiger partial charge >= 0.3 is 0 Å². The quantitative estimate of drug-likeness (QED) is 0.222. The van der Waals surface area contributed by atoms with Crippen LogP contribution in [0.1, 0.15) is 75.6 Å². The number of hydrogen-bond acceptors (Lipinski definition) is 11. The van der Waals surface area contributed by atoms with Crippen LogP contribution < -0.4 is 26.4 Å². The minimum Gasteiger partial charge on any atom is -0.439 e. The van der Waals surface area contributed by atoms with Crippen LogP contribution in [0, 0.1) is 0 Å². The molecule has 1 unspecified atom stereocenters. The highest BCUT2D eigenvalue weighted by Crippen LogP contribution is 2.36. The van der Waals surface area contributed by atoms with Crippen LogP contribution in [0.2, 0.25) is 5.02 Å². The van der Waals surface area contributed by atoms with E-state index in [0.717, 1.165) is 62.4 Å². The molecule has 0 bridgehead atoms. The highest BCUT2D eigenvalue weighted by molar-refractivity contribution is 6.30. The van der Waals surface area contributed by atoms with E-state index in [9.17, 15) is 24.0 Å². The number of nitrogens with two attached hydrogens (primary N) is 2. The number of nitrogens with zero attached hydrogens (tertiary/aromatic N) is 6. The van der Waals surface area contributed by atoms with Crippen molar-refractivity contribution < 1.29 is 28.7 Å². The molecule has 4 aliphatic heterocycles. The lowest BCUT2D eigenvalue weighted by atomic mass is 9.97. The van der Waals surface area contributed by atoms with Gasteiger partial charge in [0.2, 0.25) is 17.7 Å². The SMILES string of the molecule is NC(=O)c1c(-c2ccc(Oc3ccc(Cl)cn3)cc2)nn(C2CCN(C3CCN(c4ccc5c(c4)C(=O)N(C4CCC(=O)NC4=O)C5=O)CC3)CC2)c1N. The number of hydrogen-bond donors (Lipinski definition) is 3. The summed E-state index contributed by atoms with van der Waals surface area (Å²) in [4.78, 5) is 73.0. The summed E-state index contributed by atoms with van der Waals surface area (Å²) in [6.45, 7) is 3.23. The topological polar surface area (TPSA) is 199 Å². The van der Waals surface area contributed by atoms with Gasteiger partial charge in [-0.2, -0.15) is 5.10 Å². The molecule has 2 aromatic carbocycles. The molecule has 278 valence electrons. The summed E-state index contributed by atoms with van der Waals surface area (Å²) < 4.78 is 7.55. The van der Waals surface area contributed by atoms with Crippen LogP contribution in [-0.4, -0.2) is 92.4 Å². The Balaban J connectivity index is 0.883. The van der Waals surface area contributed by atoms with E-state index < -0.39 is 35.6 Å². The van der Waals surface area contributed by atoms with E-state index in [2.05, 4.69) is 20.1 Å². The number of amides is 5. The molecule has 54 heavy (non-hydrogen) atoms. The van der Waals surface area contributed by atoms with Crippen molar-refractivity contribution in [3.8, 4) is 22.9 Å². The van der Waals surface area contributed by atoms with Crippen LogP contribution in [0.4, 0.5) is 11.5 Å². The molecule has 1 atom stereocenters. The van der Waals surface area contributed by atoms with Crippen LogP contribution in [0.5, 0.6) is 11.6 Å². The Kier molecular flexibility index (Phi) is 9.27. The lowest BCUT2D eigenvalue weighted by molar-refractivity contribution is -0.136. The van der Waals surface area contributed by atoms with Gasteiger partial charge in [-0.05, 0) is 80.6 Å². The minimum atomic E-state index is -0.992. The number of likely N-dealkylation sites (tertiary alicyclic amines) is 1. The molecule has 0 aliphatic carbocycles. The lowest BCUT2D eigenvalue weighted by Gasteiger charge is -2.42. The minimum absolute atomic E-state index is 0.00169. The first-order valence-corrected chi connectivity index (χ1v) is 18.4. The zero-order chi connectivity index (χ0) is 37.7. The Morgan fingerprint density at radius 2 is 1.56 bits per heavy atom. The predicted octanol–water partition coefficient (Wildman–Crippen LogP) is 3.78. The number of fused-ring (bicyclic) bond motifs is 1. The third kappa shape index (κ3) is 6.53. The fourth-order valence-electron chi connectivity index (χ4n) is 8.04. The van der Waals surface area contributed by atoms with E-state index in [1.807, 2.05) is 6.07 Å². The molecule has 3 fully saturated rings. The standard InChI is InChI=1S/C38H38ClN9O6/c39-22-3-10-31(42-20-22)54-26-5-1-21(2-6-26)33-32(35(41)50)34(40)48(44-33)24-13-17-45(18-14-24)23-11-15-46(16-12-23)25-4-7-27-28(19-25)38(53)47(37(27)52)29-8-9-30(49)43-36(29)51/h1-7,10,19-20,23-24,29H,8-9,11-18,40H2,(H2,41,50)(H,43,49,51). The largest absolute Gasteiger partial charge is 0.439 e. The molecule has 0 spiro atoms. The van der Waals surface area contributed by atoms with Crippen molar-refractivity contribution in [2.45, 2.75) is 56.7 Å². The number of aromatic nitrogens is 3. The summed E-state index contributed by atoms with van der Waals surface area (Å²) in [6.07, 6.45) is 5.14. The number of benzene rings is 2. The van der Waals surface area contributed by atoms with Crippen LogP contribution in [0.25, 0.3) is 11.3 Å². The van der Waals surface area contributed by atoms with Gasteiger partial charge in [0.25, 0.3) is 17.7 Å². The maximum absolute atomic E-state index is 13.3. The molecule has 0 radical (unpaired) electrons. The van der Waals surface area contributed by atoms with E-state index in [1.165, 1.54) is 6.20 Å². The number of nitrogens with one attached hydrogen (secondary N) is 1. The second-order valence-corrected chi connectivity index (χ2v) is 14.5. The number of ether oxygens (including phenoxy) is 1. The summed E-state index contributed by atoms with van der Waals surface area (Å²) in [6, 6.07) is 15.1. The van der Waals surface area contributed by atoms with Gasteiger partial charge in [0.15, 0.2) is 0 Å². The number of primary amides is 1. The number of carbonyl (C=O) groups is 5. The predicted molar refractivity (Wildman–Crippen MR) is 198 cm³/mol. The first-order chi connectivity index (χ1) is 26.0. The summed E-state index contributed by atoms with van der Waals surface area (Å²) in [5.41, 5.74) is 15.1. The maximum atomic E-state index is 13.3. The van der Waals surface area contributed by atoms with E-state index in [4.69, 9.17) is 32.9 Å². The molecule has 5 N–H and O–H groups in total. The highest BCUT2D eigenvalue weighted by Gasteiger charge is 2.45. The van der Waals surface area contributed by atoms with Crippen LogP contribution >= 0.6 is 11.6 Å². The van der Waals surface area contributed by atoms with Crippen molar-refractivity contribution in [3.05, 3.63) is 82.5 Å². The summed E-state index contributed by atoms with van der Waals surface area (Å²) in [5.74, 6) is -1.48. The summed E-state index contributed by atoms with van der Waals surface area (Å²) in [5, 5.41) is 7.56. The molecule has 4 aromatic rings. The van der Waals surface area contributed by atoms with E-state index in [1.54, 1.807) is 53.2 Å². The normalized spacial score (nSPS) is 20.0. The van der Waals surface area contributed by atoms with Gasteiger partial charge in [-0.15, -0.1) is 0 Å². The van der Waals surface area contributed by atoms with E-state index in [-0.39, 0.29) is 41.4 Å². The van der Waals surface area contributed by atoms with E-state index in [0.29, 0.717) is 34.0 Å². The molecular formula is C38H38ClN9O6. The fourth-order valence-corrected chi connectivity index (χ4v) is 8.15. The first-order valence-electron chi connectivity index (χ1n) is 18.0. The first kappa shape index (κ1) is 35.2. The molecule has 8 rings (SSSR count). The number of nitrogen functional groups attached to an aromatic ring is 1. The lowest BCUT2D eigenvalue weighted by Crippen LogP contribution is -2.54. The molecule has 0 saturated carbocycles. The third-order valence-electron chi connectivity index (χ3n) is 10.9. The van der Waals surface area contributed by atoms with Gasteiger partial charge in [0.05, 0.1) is 22.2 Å². The molecular weight excluding hydrogens is 714 g/mol. The Morgan fingerprint density at radius 3 is 2.22 bits per heavy atom. The monoisotopic (exact) mass is 751 g/mol. The van der Waals surface area contributed by atoms with Crippen molar-refractivity contribution >= 4 is 52.6 Å². The number of piperidine rings is 3. The average Bonchev–Trinajstić information content (AvgIpc) is 3.65. The number of anilines is 2. The Bertz CT molecular complexity index is 2160. The summed E-state index contributed by atoms with van der Waals surface area (Å²) >= 11 is 5.92. The molecule has 5 amide bonds. The van der Waals surface area contributed by atoms with Crippen LogP contribution in [-0.2, 0) is 9.59 Å². The van der Waals surface area contributed by atoms with Gasteiger partial charge < -0.3 is 26.0 Å². The Labute approximate surface area is 315 Å². The number of halogens is 1. The Hall–Kier alpha value is -5.80. The maximum Gasteiger partial charge on any atom is 0.262 e. The number of imide groups is 2. The van der Waals surface area contributed by atoms with E-state index >= 15 is 0 Å². The molecule has 3 saturated heterocycles. The van der Waals surface area contributed by atoms with Crippen molar-refractivity contribution in [1.82, 2.24) is 29.9 Å². The van der Waals surface area contributed by atoms with Gasteiger partial charge in [-0.3, -0.25) is 34.2 Å². The van der Waals surface area contributed by atoms with Gasteiger partial charge in [-0.25, -0.2) is 9.67 Å².